The Morgan fingerprint density at radius 2 is 1.76 bits per heavy atom. The van der Waals surface area contributed by atoms with Gasteiger partial charge in [-0.25, -0.2) is 0 Å². The number of nitro benzene ring substituents is 1. The van der Waals surface area contributed by atoms with E-state index in [2.05, 4.69) is 22.3 Å². The van der Waals surface area contributed by atoms with Crippen molar-refractivity contribution in [3.05, 3.63) is 74.8 Å². The van der Waals surface area contributed by atoms with Crippen LogP contribution in [0, 0.1) is 16.0 Å². The van der Waals surface area contributed by atoms with E-state index < -0.39 is 16.9 Å². The number of non-ortho nitro benzene ring substituents is 1. The van der Waals surface area contributed by atoms with Crippen LogP contribution in [-0.4, -0.2) is 65.3 Å². The Morgan fingerprint density at radius 3 is 2.33 bits per heavy atom. The molecule has 1 heterocycles. The van der Waals surface area contributed by atoms with Gasteiger partial charge in [-0.05, 0) is 24.0 Å². The third-order valence-electron chi connectivity index (χ3n) is 5.87. The molecule has 0 saturated carbocycles. The quantitative estimate of drug-likeness (QED) is 0.469. The van der Waals surface area contributed by atoms with Gasteiger partial charge in [0.25, 0.3) is 11.6 Å². The van der Waals surface area contributed by atoms with Crippen LogP contribution >= 0.6 is 11.6 Å². The lowest BCUT2D eigenvalue weighted by Crippen LogP contribution is -2.56. The number of nitro groups is 1. The highest BCUT2D eigenvalue weighted by atomic mass is 35.5. The number of benzene rings is 2. The van der Waals surface area contributed by atoms with Crippen LogP contribution in [0.25, 0.3) is 0 Å². The van der Waals surface area contributed by atoms with Gasteiger partial charge in [-0.15, -0.1) is 0 Å². The molecule has 1 aliphatic heterocycles. The molecule has 1 fully saturated rings. The molecule has 33 heavy (non-hydrogen) atoms. The fraction of sp³-hybridized carbons (Fsp3) is 0.417. The summed E-state index contributed by atoms with van der Waals surface area (Å²) in [6.07, 6.45) is 0.968. The monoisotopic (exact) mass is 472 g/mol. The summed E-state index contributed by atoms with van der Waals surface area (Å²) in [7, 11) is 0. The van der Waals surface area contributed by atoms with E-state index in [-0.39, 0.29) is 28.1 Å². The van der Waals surface area contributed by atoms with Crippen molar-refractivity contribution in [3.63, 3.8) is 0 Å². The number of amides is 2. The van der Waals surface area contributed by atoms with Crippen molar-refractivity contribution in [2.75, 3.05) is 32.7 Å². The number of carbonyl (C=O) groups is 2. The number of nitrogens with one attached hydrogen (secondary N) is 1. The summed E-state index contributed by atoms with van der Waals surface area (Å²) in [5.74, 6) is -0.781. The average molecular weight is 473 g/mol. The summed E-state index contributed by atoms with van der Waals surface area (Å²) in [4.78, 5) is 40.4. The van der Waals surface area contributed by atoms with Crippen LogP contribution in [0.1, 0.15) is 29.8 Å². The number of carbonyl (C=O) groups excluding carboxylic acids is 2. The van der Waals surface area contributed by atoms with Crippen LogP contribution in [0.5, 0.6) is 0 Å². The van der Waals surface area contributed by atoms with Gasteiger partial charge in [0.15, 0.2) is 0 Å². The van der Waals surface area contributed by atoms with E-state index in [1.54, 1.807) is 4.90 Å². The van der Waals surface area contributed by atoms with Gasteiger partial charge in [-0.2, -0.15) is 0 Å². The number of hydrogen-bond acceptors (Lipinski definition) is 5. The van der Waals surface area contributed by atoms with E-state index in [0.29, 0.717) is 13.1 Å². The first-order valence-electron chi connectivity index (χ1n) is 11.1. The lowest BCUT2D eigenvalue weighted by molar-refractivity contribution is -0.384. The van der Waals surface area contributed by atoms with Crippen LogP contribution in [0.2, 0.25) is 5.02 Å². The number of nitrogens with zero attached hydrogens (tertiary/aromatic N) is 3. The van der Waals surface area contributed by atoms with E-state index in [4.69, 9.17) is 11.6 Å². The van der Waals surface area contributed by atoms with Crippen LogP contribution in [0.15, 0.2) is 48.5 Å². The molecule has 0 bridgehead atoms. The number of hydrogen-bond donors (Lipinski definition) is 1. The minimum absolute atomic E-state index is 0.0244. The number of halogens is 1. The van der Waals surface area contributed by atoms with Crippen molar-refractivity contribution in [2.24, 2.45) is 5.92 Å². The molecule has 0 aliphatic carbocycles. The van der Waals surface area contributed by atoms with E-state index in [9.17, 15) is 19.7 Å². The zero-order valence-electron chi connectivity index (χ0n) is 18.9. The van der Waals surface area contributed by atoms with Crippen LogP contribution in [0.4, 0.5) is 5.69 Å². The lowest BCUT2D eigenvalue weighted by atomic mass is 10.0. The van der Waals surface area contributed by atoms with Gasteiger partial charge in [0.1, 0.15) is 6.04 Å². The maximum absolute atomic E-state index is 13.2. The molecule has 1 aliphatic rings. The summed E-state index contributed by atoms with van der Waals surface area (Å²) in [6.45, 7) is 7.45. The lowest BCUT2D eigenvalue weighted by Gasteiger charge is -2.37. The molecule has 176 valence electrons. The number of rotatable bonds is 8. The third kappa shape index (κ3) is 6.52. The highest BCUT2D eigenvalue weighted by molar-refractivity contribution is 6.34. The summed E-state index contributed by atoms with van der Waals surface area (Å²) < 4.78 is 0. The Kier molecular flexibility index (Phi) is 8.41. The minimum atomic E-state index is -0.709. The molecule has 1 N–H and O–H groups in total. The van der Waals surface area contributed by atoms with E-state index in [0.717, 1.165) is 32.1 Å². The molecule has 3 rings (SSSR count). The molecule has 0 aromatic heterocycles. The van der Waals surface area contributed by atoms with Crippen molar-refractivity contribution in [3.8, 4) is 0 Å². The van der Waals surface area contributed by atoms with Gasteiger partial charge in [0.2, 0.25) is 5.91 Å². The van der Waals surface area contributed by atoms with Crippen molar-refractivity contribution in [2.45, 2.75) is 26.3 Å². The fourth-order valence-corrected chi connectivity index (χ4v) is 4.12. The van der Waals surface area contributed by atoms with Crippen molar-refractivity contribution < 1.29 is 14.5 Å². The molecule has 0 spiro atoms. The van der Waals surface area contributed by atoms with Crippen molar-refractivity contribution in [1.82, 2.24) is 15.1 Å². The predicted molar refractivity (Wildman–Crippen MR) is 127 cm³/mol. The zero-order chi connectivity index (χ0) is 24.0. The van der Waals surface area contributed by atoms with E-state index in [1.165, 1.54) is 17.7 Å². The SMILES string of the molecule is CC(C)[C@H](NC(=O)c1ccc([N+](=O)[O-])cc1Cl)C(=O)N1CCN(CCc2ccccc2)CC1. The minimum Gasteiger partial charge on any atom is -0.340 e. The molecular weight excluding hydrogens is 444 g/mol. The fourth-order valence-electron chi connectivity index (χ4n) is 3.85. The maximum Gasteiger partial charge on any atom is 0.270 e. The van der Waals surface area contributed by atoms with Gasteiger partial charge in [-0.1, -0.05) is 55.8 Å². The summed E-state index contributed by atoms with van der Waals surface area (Å²) in [5.41, 5.74) is 1.20. The van der Waals surface area contributed by atoms with E-state index >= 15 is 0 Å². The van der Waals surface area contributed by atoms with Gasteiger partial charge in [-0.3, -0.25) is 24.6 Å². The molecule has 8 nitrogen and oxygen atoms in total. The zero-order valence-corrected chi connectivity index (χ0v) is 19.6. The average Bonchev–Trinajstić information content (AvgIpc) is 2.81. The maximum atomic E-state index is 13.2. The topological polar surface area (TPSA) is 95.8 Å². The molecule has 1 atom stereocenters. The second-order valence-electron chi connectivity index (χ2n) is 8.52. The first kappa shape index (κ1) is 24.7. The van der Waals surface area contributed by atoms with Crippen LogP contribution in [-0.2, 0) is 11.2 Å². The standard InChI is InChI=1S/C24H29ClN4O4/c1-17(2)22(26-23(30)20-9-8-19(29(32)33)16-21(20)25)24(31)28-14-12-27(13-15-28)11-10-18-6-4-3-5-7-18/h3-9,16-17,22H,10-15H2,1-2H3,(H,26,30)/t22-/m0/s1. The third-order valence-corrected chi connectivity index (χ3v) is 6.18. The van der Waals surface area contributed by atoms with E-state index in [1.807, 2.05) is 32.0 Å². The Bertz CT molecular complexity index is 991. The molecule has 2 aromatic rings. The Balaban J connectivity index is 1.57. The summed E-state index contributed by atoms with van der Waals surface area (Å²) in [6, 6.07) is 13.3. The highest BCUT2D eigenvalue weighted by Gasteiger charge is 2.31. The van der Waals surface area contributed by atoms with Crippen molar-refractivity contribution in [1.29, 1.82) is 0 Å². The Morgan fingerprint density at radius 1 is 1.09 bits per heavy atom. The first-order valence-corrected chi connectivity index (χ1v) is 11.4. The second-order valence-corrected chi connectivity index (χ2v) is 8.93. The number of piperazine rings is 1. The summed E-state index contributed by atoms with van der Waals surface area (Å²) in [5, 5.41) is 13.6. The molecule has 9 heteroatoms. The first-order chi connectivity index (χ1) is 15.8. The highest BCUT2D eigenvalue weighted by Crippen LogP contribution is 2.23. The molecular formula is C24H29ClN4O4. The molecule has 2 amide bonds. The normalized spacial score (nSPS) is 15.3. The predicted octanol–water partition coefficient (Wildman–Crippen LogP) is 3.39. The van der Waals surface area contributed by atoms with Crippen LogP contribution in [0.3, 0.4) is 0 Å². The van der Waals surface area contributed by atoms with Gasteiger partial charge < -0.3 is 10.2 Å². The largest absolute Gasteiger partial charge is 0.340 e. The van der Waals surface area contributed by atoms with Gasteiger partial charge in [0.05, 0.1) is 15.5 Å². The molecule has 0 radical (unpaired) electrons. The van der Waals surface area contributed by atoms with Gasteiger partial charge >= 0.3 is 0 Å². The van der Waals surface area contributed by atoms with Gasteiger partial charge in [0, 0.05) is 44.9 Å². The molecule has 2 aromatic carbocycles. The smallest absolute Gasteiger partial charge is 0.270 e. The Labute approximate surface area is 198 Å². The van der Waals surface area contributed by atoms with Crippen LogP contribution < -0.4 is 5.32 Å². The second kappa shape index (κ2) is 11.2. The summed E-state index contributed by atoms with van der Waals surface area (Å²) >= 11 is 6.08. The molecule has 0 unspecified atom stereocenters. The molecule has 1 saturated heterocycles. The van der Waals surface area contributed by atoms with Crippen molar-refractivity contribution >= 4 is 29.1 Å². The Hall–Kier alpha value is -2.97.